The molecule has 0 unspecified atom stereocenters. The normalized spacial score (nSPS) is 10.9. The average molecular weight is 271 g/mol. The van der Waals surface area contributed by atoms with E-state index < -0.39 is 0 Å². The molecule has 0 aliphatic carbocycles. The van der Waals surface area contributed by atoms with E-state index in [9.17, 15) is 0 Å². The standard InChI is InChI=1S/C11H11ClN2S2/c1-3-5-15-11-13-9(12)8-6-7(4-2)16-10(8)14-11/h3,6H,1,4-5H2,2H3. The number of thioether (sulfide) groups is 1. The Labute approximate surface area is 108 Å². The summed E-state index contributed by atoms with van der Waals surface area (Å²) in [6.45, 7) is 5.80. The first-order chi connectivity index (χ1) is 7.74. The van der Waals surface area contributed by atoms with E-state index in [4.69, 9.17) is 11.6 Å². The van der Waals surface area contributed by atoms with Crippen LogP contribution in [0.2, 0.25) is 5.15 Å². The molecule has 5 heteroatoms. The van der Waals surface area contributed by atoms with Crippen molar-refractivity contribution in [3.63, 3.8) is 0 Å². The fourth-order valence-corrected chi connectivity index (χ4v) is 3.22. The highest BCUT2D eigenvalue weighted by atomic mass is 35.5. The van der Waals surface area contributed by atoms with Gasteiger partial charge in [0.05, 0.1) is 0 Å². The van der Waals surface area contributed by atoms with E-state index in [-0.39, 0.29) is 0 Å². The highest BCUT2D eigenvalue weighted by Crippen LogP contribution is 2.30. The minimum Gasteiger partial charge on any atom is -0.211 e. The second-order valence-electron chi connectivity index (χ2n) is 3.18. The fraction of sp³-hybridized carbons (Fsp3) is 0.273. The van der Waals surface area contributed by atoms with Crippen LogP contribution in [0, 0.1) is 0 Å². The highest BCUT2D eigenvalue weighted by Gasteiger charge is 2.09. The second kappa shape index (κ2) is 5.17. The Kier molecular flexibility index (Phi) is 3.84. The molecule has 2 rings (SSSR count). The van der Waals surface area contributed by atoms with Crippen LogP contribution in [-0.2, 0) is 6.42 Å². The van der Waals surface area contributed by atoms with Gasteiger partial charge in [0.2, 0.25) is 0 Å². The first kappa shape index (κ1) is 11.9. The summed E-state index contributed by atoms with van der Waals surface area (Å²) in [6.07, 6.45) is 2.84. The van der Waals surface area contributed by atoms with Gasteiger partial charge in [-0.1, -0.05) is 36.4 Å². The summed E-state index contributed by atoms with van der Waals surface area (Å²) in [7, 11) is 0. The molecule has 0 bridgehead atoms. The molecule has 0 saturated carbocycles. The maximum Gasteiger partial charge on any atom is 0.190 e. The third kappa shape index (κ3) is 2.39. The smallest absolute Gasteiger partial charge is 0.190 e. The van der Waals surface area contributed by atoms with Crippen LogP contribution in [0.15, 0.2) is 23.9 Å². The molecule has 0 aromatic carbocycles. The number of thiophene rings is 1. The molecule has 2 aromatic rings. The van der Waals surface area contributed by atoms with Gasteiger partial charge in [-0.25, -0.2) is 9.97 Å². The lowest BCUT2D eigenvalue weighted by Gasteiger charge is -1.98. The topological polar surface area (TPSA) is 25.8 Å². The lowest BCUT2D eigenvalue weighted by Crippen LogP contribution is -1.87. The van der Waals surface area contributed by atoms with E-state index in [0.717, 1.165) is 27.5 Å². The number of aryl methyl sites for hydroxylation is 1. The molecule has 0 aliphatic rings. The Bertz CT molecular complexity index is 522. The monoisotopic (exact) mass is 270 g/mol. The van der Waals surface area contributed by atoms with Gasteiger partial charge in [-0.15, -0.1) is 17.9 Å². The summed E-state index contributed by atoms with van der Waals surface area (Å²) >= 11 is 9.36. The van der Waals surface area contributed by atoms with Crippen molar-refractivity contribution in [2.24, 2.45) is 0 Å². The zero-order chi connectivity index (χ0) is 11.5. The Morgan fingerprint density at radius 1 is 1.56 bits per heavy atom. The number of aromatic nitrogens is 2. The van der Waals surface area contributed by atoms with Crippen LogP contribution >= 0.6 is 34.7 Å². The number of fused-ring (bicyclic) bond motifs is 1. The summed E-state index contributed by atoms with van der Waals surface area (Å²) in [5.41, 5.74) is 0. The third-order valence-electron chi connectivity index (χ3n) is 2.06. The number of nitrogens with zero attached hydrogens (tertiary/aromatic N) is 2. The number of halogens is 1. The van der Waals surface area contributed by atoms with Crippen molar-refractivity contribution in [3.8, 4) is 0 Å². The lowest BCUT2D eigenvalue weighted by atomic mass is 10.3. The predicted molar refractivity (Wildman–Crippen MR) is 72.7 cm³/mol. The van der Waals surface area contributed by atoms with Crippen LogP contribution in [-0.4, -0.2) is 15.7 Å². The van der Waals surface area contributed by atoms with Gasteiger partial charge in [-0.3, -0.25) is 0 Å². The average Bonchev–Trinajstić information content (AvgIpc) is 2.70. The molecule has 16 heavy (non-hydrogen) atoms. The number of hydrogen-bond donors (Lipinski definition) is 0. The molecule has 0 saturated heterocycles. The van der Waals surface area contributed by atoms with Crippen LogP contribution in [0.25, 0.3) is 10.2 Å². The zero-order valence-corrected chi connectivity index (χ0v) is 11.3. The summed E-state index contributed by atoms with van der Waals surface area (Å²) < 4.78 is 0. The van der Waals surface area contributed by atoms with E-state index in [1.165, 1.54) is 4.88 Å². The molecule has 2 aromatic heterocycles. The van der Waals surface area contributed by atoms with Gasteiger partial charge in [-0.05, 0) is 12.5 Å². The van der Waals surface area contributed by atoms with E-state index in [0.29, 0.717) is 5.15 Å². The lowest BCUT2D eigenvalue weighted by molar-refractivity contribution is 1.01. The third-order valence-corrected chi connectivity index (χ3v) is 4.36. The maximum atomic E-state index is 6.13. The van der Waals surface area contributed by atoms with Gasteiger partial charge in [0.1, 0.15) is 9.98 Å². The van der Waals surface area contributed by atoms with Crippen molar-refractivity contribution >= 4 is 44.9 Å². The zero-order valence-electron chi connectivity index (χ0n) is 8.86. The van der Waals surface area contributed by atoms with Crippen molar-refractivity contribution in [3.05, 3.63) is 28.8 Å². The van der Waals surface area contributed by atoms with Crippen molar-refractivity contribution in [2.45, 2.75) is 18.5 Å². The maximum absolute atomic E-state index is 6.13. The Balaban J connectivity index is 2.44. The largest absolute Gasteiger partial charge is 0.211 e. The van der Waals surface area contributed by atoms with E-state index in [1.807, 2.05) is 6.08 Å². The van der Waals surface area contributed by atoms with Crippen molar-refractivity contribution in [1.82, 2.24) is 9.97 Å². The molecule has 0 atom stereocenters. The van der Waals surface area contributed by atoms with Gasteiger partial charge < -0.3 is 0 Å². The number of rotatable bonds is 4. The summed E-state index contributed by atoms with van der Waals surface area (Å²) in [5.74, 6) is 0.799. The van der Waals surface area contributed by atoms with Crippen LogP contribution in [0.4, 0.5) is 0 Å². The molecule has 0 fully saturated rings. The van der Waals surface area contributed by atoms with Gasteiger partial charge >= 0.3 is 0 Å². The van der Waals surface area contributed by atoms with E-state index in [2.05, 4.69) is 29.5 Å². The van der Waals surface area contributed by atoms with Crippen LogP contribution in [0.1, 0.15) is 11.8 Å². The first-order valence-electron chi connectivity index (χ1n) is 4.94. The Hall–Kier alpha value is -0.580. The SMILES string of the molecule is C=CCSc1nc(Cl)c2cc(CC)sc2n1. The Morgan fingerprint density at radius 2 is 2.38 bits per heavy atom. The number of hydrogen-bond acceptors (Lipinski definition) is 4. The molecule has 84 valence electrons. The van der Waals surface area contributed by atoms with Crippen LogP contribution in [0.3, 0.4) is 0 Å². The predicted octanol–water partition coefficient (Wildman–Crippen LogP) is 4.19. The van der Waals surface area contributed by atoms with E-state index in [1.54, 1.807) is 23.1 Å². The Morgan fingerprint density at radius 3 is 3.06 bits per heavy atom. The van der Waals surface area contributed by atoms with Crippen molar-refractivity contribution in [1.29, 1.82) is 0 Å². The molecule has 0 spiro atoms. The molecular weight excluding hydrogens is 260 g/mol. The van der Waals surface area contributed by atoms with Crippen LogP contribution < -0.4 is 0 Å². The first-order valence-corrected chi connectivity index (χ1v) is 7.12. The highest BCUT2D eigenvalue weighted by molar-refractivity contribution is 7.99. The van der Waals surface area contributed by atoms with Crippen molar-refractivity contribution in [2.75, 3.05) is 5.75 Å². The van der Waals surface area contributed by atoms with Gasteiger partial charge in [0.25, 0.3) is 0 Å². The van der Waals surface area contributed by atoms with Crippen LogP contribution in [0.5, 0.6) is 0 Å². The molecule has 0 radical (unpaired) electrons. The van der Waals surface area contributed by atoms with Gasteiger partial charge in [0, 0.05) is 16.0 Å². The van der Waals surface area contributed by atoms with E-state index >= 15 is 0 Å². The molecule has 2 heterocycles. The second-order valence-corrected chi connectivity index (χ2v) is 5.64. The molecule has 2 nitrogen and oxygen atoms in total. The molecular formula is C11H11ClN2S2. The summed E-state index contributed by atoms with van der Waals surface area (Å²) in [5, 5.41) is 2.24. The molecule has 0 N–H and O–H groups in total. The minimum absolute atomic E-state index is 0.549. The summed E-state index contributed by atoms with van der Waals surface area (Å²) in [6, 6.07) is 2.07. The van der Waals surface area contributed by atoms with Crippen molar-refractivity contribution < 1.29 is 0 Å². The fourth-order valence-electron chi connectivity index (χ4n) is 1.29. The quantitative estimate of drug-likeness (QED) is 0.361. The summed E-state index contributed by atoms with van der Waals surface area (Å²) in [4.78, 5) is 11.0. The van der Waals surface area contributed by atoms with Gasteiger partial charge in [-0.2, -0.15) is 0 Å². The van der Waals surface area contributed by atoms with Gasteiger partial charge in [0.15, 0.2) is 5.16 Å². The minimum atomic E-state index is 0.549. The molecule has 0 amide bonds. The molecule has 0 aliphatic heterocycles.